The summed E-state index contributed by atoms with van der Waals surface area (Å²) in [4.78, 5) is 14.3. The number of hydrogen-bond donors (Lipinski definition) is 0. The summed E-state index contributed by atoms with van der Waals surface area (Å²) in [6.07, 6.45) is 0. The lowest BCUT2D eigenvalue weighted by atomic mass is 10.1. The maximum Gasteiger partial charge on any atom is 0.260 e. The summed E-state index contributed by atoms with van der Waals surface area (Å²) >= 11 is 0. The number of amides is 1. The van der Waals surface area contributed by atoms with Crippen LogP contribution in [0.2, 0.25) is 0 Å². The van der Waals surface area contributed by atoms with E-state index in [0.717, 1.165) is 22.4 Å². The van der Waals surface area contributed by atoms with Crippen LogP contribution in [0, 0.1) is 11.6 Å². The Kier molecular flexibility index (Phi) is 6.97. The topological polar surface area (TPSA) is 48.0 Å². The molecule has 0 atom stereocenters. The third-order valence-corrected chi connectivity index (χ3v) is 5.06. The van der Waals surface area contributed by atoms with Crippen LogP contribution in [0.3, 0.4) is 0 Å². The number of carbonyl (C=O) groups excluding carboxylic acids is 1. The molecule has 0 spiro atoms. The van der Waals surface area contributed by atoms with E-state index in [9.17, 15) is 13.6 Å². The van der Waals surface area contributed by atoms with Gasteiger partial charge in [0.15, 0.2) is 6.61 Å². The van der Waals surface area contributed by atoms with Crippen molar-refractivity contribution in [1.82, 2.24) is 4.90 Å². The van der Waals surface area contributed by atoms with Crippen LogP contribution in [-0.2, 0) is 29.3 Å². The van der Waals surface area contributed by atoms with Gasteiger partial charge in [0, 0.05) is 12.1 Å². The zero-order chi connectivity index (χ0) is 22.3. The highest BCUT2D eigenvalue weighted by Gasteiger charge is 2.20. The first kappa shape index (κ1) is 21.8. The summed E-state index contributed by atoms with van der Waals surface area (Å²) in [6, 6.07) is 17.6. The van der Waals surface area contributed by atoms with Crippen LogP contribution in [0.4, 0.5) is 8.78 Å². The molecule has 166 valence electrons. The third-order valence-electron chi connectivity index (χ3n) is 5.06. The van der Waals surface area contributed by atoms with E-state index in [4.69, 9.17) is 14.2 Å². The van der Waals surface area contributed by atoms with Crippen molar-refractivity contribution in [3.05, 3.63) is 95.1 Å². The van der Waals surface area contributed by atoms with E-state index in [1.807, 2.05) is 24.3 Å². The molecule has 0 aromatic heterocycles. The van der Waals surface area contributed by atoms with Gasteiger partial charge in [-0.3, -0.25) is 4.79 Å². The van der Waals surface area contributed by atoms with Gasteiger partial charge in [-0.25, -0.2) is 8.78 Å². The Morgan fingerprint density at radius 1 is 0.938 bits per heavy atom. The second kappa shape index (κ2) is 10.2. The molecule has 3 aromatic carbocycles. The number of benzene rings is 3. The molecule has 1 amide bonds. The normalized spacial score (nSPS) is 13.1. The molecule has 0 fully saturated rings. The van der Waals surface area contributed by atoms with Crippen molar-refractivity contribution in [2.75, 3.05) is 19.8 Å². The Morgan fingerprint density at radius 3 is 2.50 bits per heavy atom. The summed E-state index contributed by atoms with van der Waals surface area (Å²) in [6.45, 7) is 1.72. The predicted molar refractivity (Wildman–Crippen MR) is 114 cm³/mol. The van der Waals surface area contributed by atoms with Gasteiger partial charge >= 0.3 is 0 Å². The minimum atomic E-state index is -0.360. The van der Waals surface area contributed by atoms with E-state index in [1.54, 1.807) is 11.0 Å². The van der Waals surface area contributed by atoms with Crippen LogP contribution in [-0.4, -0.2) is 30.6 Å². The molecule has 4 rings (SSSR count). The van der Waals surface area contributed by atoms with Crippen LogP contribution in [0.1, 0.15) is 16.7 Å². The summed E-state index contributed by atoms with van der Waals surface area (Å²) in [5.74, 6) is 0.332. The number of rotatable bonds is 7. The molecule has 1 aliphatic heterocycles. The van der Waals surface area contributed by atoms with E-state index in [2.05, 4.69) is 0 Å². The summed E-state index contributed by atoms with van der Waals surface area (Å²) in [7, 11) is 0. The first-order chi connectivity index (χ1) is 15.6. The largest absolute Gasteiger partial charge is 0.491 e. The average Bonchev–Trinajstić information content (AvgIpc) is 3.01. The second-order valence-electron chi connectivity index (χ2n) is 7.47. The Bertz CT molecular complexity index is 1070. The van der Waals surface area contributed by atoms with Crippen molar-refractivity contribution in [1.29, 1.82) is 0 Å². The maximum absolute atomic E-state index is 13.3. The van der Waals surface area contributed by atoms with Crippen LogP contribution in [0.15, 0.2) is 66.7 Å². The first-order valence-electron chi connectivity index (χ1n) is 10.3. The fourth-order valence-electron chi connectivity index (χ4n) is 3.43. The molecule has 0 N–H and O–H groups in total. The molecular weight excluding hydrogens is 416 g/mol. The molecule has 0 radical (unpaired) electrons. The Morgan fingerprint density at radius 2 is 1.72 bits per heavy atom. The number of nitrogens with zero attached hydrogens (tertiary/aromatic N) is 1. The number of halogens is 2. The van der Waals surface area contributed by atoms with E-state index < -0.39 is 0 Å². The lowest BCUT2D eigenvalue weighted by molar-refractivity contribution is -0.134. The van der Waals surface area contributed by atoms with E-state index >= 15 is 0 Å². The summed E-state index contributed by atoms with van der Waals surface area (Å²) < 4.78 is 43.3. The van der Waals surface area contributed by atoms with Crippen molar-refractivity contribution in [2.45, 2.75) is 19.8 Å². The van der Waals surface area contributed by atoms with Crippen molar-refractivity contribution in [2.24, 2.45) is 0 Å². The first-order valence-corrected chi connectivity index (χ1v) is 10.3. The minimum absolute atomic E-state index is 0.141. The van der Waals surface area contributed by atoms with Crippen LogP contribution < -0.4 is 9.47 Å². The molecule has 1 aliphatic rings. The zero-order valence-electron chi connectivity index (χ0n) is 17.4. The molecule has 3 aromatic rings. The molecule has 5 nitrogen and oxygen atoms in total. The predicted octanol–water partition coefficient (Wildman–Crippen LogP) is 4.48. The van der Waals surface area contributed by atoms with Gasteiger partial charge in [0.1, 0.15) is 29.7 Å². The van der Waals surface area contributed by atoms with Gasteiger partial charge < -0.3 is 19.1 Å². The Balaban J connectivity index is 1.34. The molecule has 0 aliphatic carbocycles. The monoisotopic (exact) mass is 439 g/mol. The highest BCUT2D eigenvalue weighted by Crippen LogP contribution is 2.25. The van der Waals surface area contributed by atoms with Gasteiger partial charge in [-0.2, -0.15) is 0 Å². The molecular formula is C25H23F2NO4. The van der Waals surface area contributed by atoms with Crippen LogP contribution >= 0.6 is 0 Å². The van der Waals surface area contributed by atoms with Crippen molar-refractivity contribution in [3.8, 4) is 11.5 Å². The second-order valence-corrected chi connectivity index (χ2v) is 7.47. The quantitative estimate of drug-likeness (QED) is 0.545. The van der Waals surface area contributed by atoms with Crippen molar-refractivity contribution in [3.63, 3.8) is 0 Å². The number of fused-ring (bicyclic) bond motifs is 1. The SMILES string of the molecule is O=C(COc1ccc(F)cc1)N1CCOc2ccc(COCc3cccc(F)c3)cc2C1. The molecule has 7 heteroatoms. The van der Waals surface area contributed by atoms with Crippen molar-refractivity contribution < 1.29 is 27.8 Å². The summed E-state index contributed by atoms with van der Waals surface area (Å²) in [5.41, 5.74) is 2.58. The minimum Gasteiger partial charge on any atom is -0.491 e. The van der Waals surface area contributed by atoms with Gasteiger partial charge in [0.2, 0.25) is 0 Å². The van der Waals surface area contributed by atoms with Gasteiger partial charge in [0.05, 0.1) is 19.8 Å². The Hall–Kier alpha value is -3.45. The standard InChI is InChI=1S/C25H23F2NO4/c26-21-5-7-23(8-6-21)32-17-25(29)28-10-11-31-24-9-4-19(12-20(24)14-28)16-30-15-18-2-1-3-22(27)13-18/h1-9,12-13H,10-11,14-17H2. The molecule has 0 saturated carbocycles. The average molecular weight is 439 g/mol. The lowest BCUT2D eigenvalue weighted by Crippen LogP contribution is -2.36. The van der Waals surface area contributed by atoms with Crippen molar-refractivity contribution >= 4 is 5.91 Å². The van der Waals surface area contributed by atoms with Gasteiger partial charge in [-0.05, 0) is 59.7 Å². The molecule has 1 heterocycles. The number of hydrogen-bond acceptors (Lipinski definition) is 4. The smallest absolute Gasteiger partial charge is 0.260 e. The maximum atomic E-state index is 13.3. The molecule has 0 saturated heterocycles. The summed E-state index contributed by atoms with van der Waals surface area (Å²) in [5, 5.41) is 0. The van der Waals surface area contributed by atoms with Gasteiger partial charge in [-0.1, -0.05) is 18.2 Å². The number of carbonyl (C=O) groups is 1. The van der Waals surface area contributed by atoms with Gasteiger partial charge in [-0.15, -0.1) is 0 Å². The third kappa shape index (κ3) is 5.82. The zero-order valence-corrected chi connectivity index (χ0v) is 17.4. The number of ether oxygens (including phenoxy) is 3. The lowest BCUT2D eigenvalue weighted by Gasteiger charge is -2.20. The molecule has 0 unspecified atom stereocenters. The fraction of sp³-hybridized carbons (Fsp3) is 0.240. The van der Waals surface area contributed by atoms with E-state index in [-0.39, 0.29) is 24.1 Å². The fourth-order valence-corrected chi connectivity index (χ4v) is 3.43. The highest BCUT2D eigenvalue weighted by molar-refractivity contribution is 5.78. The molecule has 0 bridgehead atoms. The van der Waals surface area contributed by atoms with Crippen LogP contribution in [0.25, 0.3) is 0 Å². The molecule has 32 heavy (non-hydrogen) atoms. The van der Waals surface area contributed by atoms with Gasteiger partial charge in [0.25, 0.3) is 5.91 Å². The Labute approximate surface area is 185 Å². The van der Waals surface area contributed by atoms with E-state index in [0.29, 0.717) is 38.7 Å². The van der Waals surface area contributed by atoms with Crippen LogP contribution in [0.5, 0.6) is 11.5 Å². The van der Waals surface area contributed by atoms with E-state index in [1.165, 1.54) is 36.4 Å². The highest BCUT2D eigenvalue weighted by atomic mass is 19.1.